The zero-order valence-corrected chi connectivity index (χ0v) is 14.6. The van der Waals surface area contributed by atoms with Crippen molar-refractivity contribution in [1.82, 2.24) is 14.8 Å². The van der Waals surface area contributed by atoms with Gasteiger partial charge in [0.1, 0.15) is 0 Å². The number of rotatable bonds is 5. The Morgan fingerprint density at radius 2 is 2.04 bits per heavy atom. The van der Waals surface area contributed by atoms with Crippen LogP contribution < -0.4 is 5.73 Å². The molecule has 1 atom stereocenters. The number of hydrogen-bond acceptors (Lipinski definition) is 5. The van der Waals surface area contributed by atoms with Crippen molar-refractivity contribution in [1.29, 1.82) is 0 Å². The van der Waals surface area contributed by atoms with E-state index in [1.54, 1.807) is 0 Å². The maximum Gasteiger partial charge on any atom is 0.223 e. The minimum absolute atomic E-state index is 0.0915. The van der Waals surface area contributed by atoms with Crippen molar-refractivity contribution in [2.75, 3.05) is 19.6 Å². The van der Waals surface area contributed by atoms with Gasteiger partial charge in [-0.1, -0.05) is 0 Å². The van der Waals surface area contributed by atoms with Gasteiger partial charge in [0, 0.05) is 55.6 Å². The SMILES string of the molecule is NC(=O)C1CC(=O)N(C2CCN(Cc3cnc(C4CC4)s3)CC2)C1. The summed E-state index contributed by atoms with van der Waals surface area (Å²) in [6, 6.07) is 0.265. The molecule has 2 saturated heterocycles. The summed E-state index contributed by atoms with van der Waals surface area (Å²) >= 11 is 1.86. The minimum Gasteiger partial charge on any atom is -0.369 e. The van der Waals surface area contributed by atoms with E-state index in [0.29, 0.717) is 13.0 Å². The van der Waals surface area contributed by atoms with Crippen molar-refractivity contribution in [2.24, 2.45) is 11.7 Å². The van der Waals surface area contributed by atoms with Gasteiger partial charge in [0.2, 0.25) is 11.8 Å². The summed E-state index contributed by atoms with van der Waals surface area (Å²) in [6.45, 7) is 3.46. The van der Waals surface area contributed by atoms with Crippen molar-refractivity contribution in [3.05, 3.63) is 16.1 Å². The average molecular weight is 348 g/mol. The third-order valence-electron chi connectivity index (χ3n) is 5.44. The van der Waals surface area contributed by atoms with Gasteiger partial charge in [0.25, 0.3) is 0 Å². The van der Waals surface area contributed by atoms with Crippen LogP contribution in [-0.2, 0) is 16.1 Å². The van der Waals surface area contributed by atoms with Gasteiger partial charge >= 0.3 is 0 Å². The van der Waals surface area contributed by atoms with Crippen molar-refractivity contribution in [3.8, 4) is 0 Å². The molecule has 1 aliphatic carbocycles. The molecular formula is C17H24N4O2S. The molecule has 2 amide bonds. The fraction of sp³-hybridized carbons (Fsp3) is 0.706. The zero-order valence-electron chi connectivity index (χ0n) is 13.8. The second-order valence-corrected chi connectivity index (χ2v) is 8.44. The van der Waals surface area contributed by atoms with E-state index in [9.17, 15) is 9.59 Å². The second-order valence-electron chi connectivity index (χ2n) is 7.30. The zero-order chi connectivity index (χ0) is 16.7. The lowest BCUT2D eigenvalue weighted by molar-refractivity contribution is -0.130. The van der Waals surface area contributed by atoms with Gasteiger partial charge in [-0.05, 0) is 25.7 Å². The predicted molar refractivity (Wildman–Crippen MR) is 91.4 cm³/mol. The molecular weight excluding hydrogens is 324 g/mol. The number of likely N-dealkylation sites (tertiary alicyclic amines) is 2. The van der Waals surface area contributed by atoms with E-state index in [1.807, 2.05) is 22.4 Å². The van der Waals surface area contributed by atoms with Crippen LogP contribution >= 0.6 is 11.3 Å². The van der Waals surface area contributed by atoms with Crippen molar-refractivity contribution < 1.29 is 9.59 Å². The molecule has 24 heavy (non-hydrogen) atoms. The van der Waals surface area contributed by atoms with E-state index in [-0.39, 0.29) is 23.8 Å². The number of hydrogen-bond donors (Lipinski definition) is 1. The number of aromatic nitrogens is 1. The van der Waals surface area contributed by atoms with E-state index in [1.165, 1.54) is 22.7 Å². The quantitative estimate of drug-likeness (QED) is 0.870. The number of amides is 2. The molecule has 2 N–H and O–H groups in total. The lowest BCUT2D eigenvalue weighted by Crippen LogP contribution is -2.45. The fourth-order valence-corrected chi connectivity index (χ4v) is 4.93. The van der Waals surface area contributed by atoms with E-state index >= 15 is 0 Å². The van der Waals surface area contributed by atoms with Gasteiger partial charge in [-0.25, -0.2) is 4.98 Å². The monoisotopic (exact) mass is 348 g/mol. The first-order valence-corrected chi connectivity index (χ1v) is 9.67. The Morgan fingerprint density at radius 1 is 1.29 bits per heavy atom. The summed E-state index contributed by atoms with van der Waals surface area (Å²) in [5.74, 6) is 0.177. The molecule has 4 rings (SSSR count). The van der Waals surface area contributed by atoms with Crippen LogP contribution in [0.25, 0.3) is 0 Å². The average Bonchev–Trinajstić information content (AvgIpc) is 3.19. The van der Waals surface area contributed by atoms with Crippen molar-refractivity contribution >= 4 is 23.2 Å². The predicted octanol–water partition coefficient (Wildman–Crippen LogP) is 1.32. The first-order chi connectivity index (χ1) is 11.6. The Balaban J connectivity index is 1.28. The summed E-state index contributed by atoms with van der Waals surface area (Å²) in [4.78, 5) is 33.7. The highest BCUT2D eigenvalue weighted by molar-refractivity contribution is 7.11. The number of carbonyl (C=O) groups is 2. The third-order valence-corrected chi connectivity index (χ3v) is 6.58. The Kier molecular flexibility index (Phi) is 4.30. The van der Waals surface area contributed by atoms with Gasteiger partial charge in [0.05, 0.1) is 10.9 Å². The summed E-state index contributed by atoms with van der Waals surface area (Å²) < 4.78 is 0. The molecule has 1 saturated carbocycles. The first-order valence-electron chi connectivity index (χ1n) is 8.86. The molecule has 6 nitrogen and oxygen atoms in total. The topological polar surface area (TPSA) is 79.5 Å². The van der Waals surface area contributed by atoms with E-state index < -0.39 is 0 Å². The molecule has 3 heterocycles. The van der Waals surface area contributed by atoms with Gasteiger partial charge in [-0.3, -0.25) is 14.5 Å². The highest BCUT2D eigenvalue weighted by Crippen LogP contribution is 2.42. The molecule has 0 aromatic carbocycles. The van der Waals surface area contributed by atoms with Crippen molar-refractivity contribution in [2.45, 2.75) is 50.6 Å². The van der Waals surface area contributed by atoms with Gasteiger partial charge < -0.3 is 10.6 Å². The second kappa shape index (κ2) is 6.44. The summed E-state index contributed by atoms with van der Waals surface area (Å²) in [6.07, 6.45) is 6.88. The normalized spacial score (nSPS) is 26.2. The Bertz CT molecular complexity index is 634. The summed E-state index contributed by atoms with van der Waals surface area (Å²) in [7, 11) is 0. The van der Waals surface area contributed by atoms with Crippen LogP contribution in [0.3, 0.4) is 0 Å². The molecule has 3 aliphatic rings. The largest absolute Gasteiger partial charge is 0.369 e. The first kappa shape index (κ1) is 16.0. The van der Waals surface area contributed by atoms with Crippen LogP contribution in [-0.4, -0.2) is 52.3 Å². The van der Waals surface area contributed by atoms with Gasteiger partial charge in [-0.2, -0.15) is 0 Å². The van der Waals surface area contributed by atoms with E-state index in [0.717, 1.165) is 38.4 Å². The minimum atomic E-state index is -0.347. The maximum atomic E-state index is 12.1. The highest BCUT2D eigenvalue weighted by Gasteiger charge is 2.38. The molecule has 0 spiro atoms. The Morgan fingerprint density at radius 3 is 2.67 bits per heavy atom. The molecule has 0 bridgehead atoms. The van der Waals surface area contributed by atoms with Crippen LogP contribution in [0.4, 0.5) is 0 Å². The molecule has 7 heteroatoms. The fourth-order valence-electron chi connectivity index (χ4n) is 3.80. The Hall–Kier alpha value is -1.47. The van der Waals surface area contributed by atoms with Crippen LogP contribution in [0.1, 0.15) is 47.9 Å². The maximum absolute atomic E-state index is 12.1. The molecule has 1 aromatic heterocycles. The number of piperidine rings is 1. The van der Waals surface area contributed by atoms with Crippen LogP contribution in [0, 0.1) is 5.92 Å². The van der Waals surface area contributed by atoms with Crippen molar-refractivity contribution in [3.63, 3.8) is 0 Å². The van der Waals surface area contributed by atoms with Crippen LogP contribution in [0.5, 0.6) is 0 Å². The van der Waals surface area contributed by atoms with E-state index in [4.69, 9.17) is 5.73 Å². The molecule has 1 aromatic rings. The summed E-state index contributed by atoms with van der Waals surface area (Å²) in [5.41, 5.74) is 5.36. The third kappa shape index (κ3) is 3.32. The number of nitrogens with zero attached hydrogens (tertiary/aromatic N) is 3. The van der Waals surface area contributed by atoms with Crippen LogP contribution in [0.2, 0.25) is 0 Å². The van der Waals surface area contributed by atoms with Gasteiger partial charge in [0.15, 0.2) is 0 Å². The highest BCUT2D eigenvalue weighted by atomic mass is 32.1. The molecule has 2 aliphatic heterocycles. The van der Waals surface area contributed by atoms with E-state index in [2.05, 4.69) is 9.88 Å². The number of nitrogens with two attached hydrogens (primary N) is 1. The standard InChI is InChI=1S/C17H24N4O2S/c18-16(23)12-7-15(22)21(9-12)13-3-5-20(6-4-13)10-14-8-19-17(24-14)11-1-2-11/h8,11-13H,1-7,9-10H2,(H2,18,23). The lowest BCUT2D eigenvalue weighted by Gasteiger charge is -2.36. The lowest BCUT2D eigenvalue weighted by atomic mass is 10.0. The van der Waals surface area contributed by atoms with Gasteiger partial charge in [-0.15, -0.1) is 11.3 Å². The number of primary amides is 1. The molecule has 1 unspecified atom stereocenters. The number of thiazole rings is 1. The Labute approximate surface area is 146 Å². The summed E-state index contributed by atoms with van der Waals surface area (Å²) in [5, 5.41) is 1.31. The smallest absolute Gasteiger partial charge is 0.223 e. The van der Waals surface area contributed by atoms with Crippen LogP contribution in [0.15, 0.2) is 6.20 Å². The molecule has 130 valence electrons. The molecule has 3 fully saturated rings. The molecule has 0 radical (unpaired) electrons. The number of carbonyl (C=O) groups excluding carboxylic acids is 2.